The average Bonchev–Trinajstić information content (AvgIpc) is 3.26. The van der Waals surface area contributed by atoms with Crippen LogP contribution in [0.4, 0.5) is 0 Å². The van der Waals surface area contributed by atoms with E-state index >= 15 is 0 Å². The number of hydrogen-bond donors (Lipinski definition) is 0. The number of carbonyl (C=O) groups excluding carboxylic acids is 3. The van der Waals surface area contributed by atoms with Gasteiger partial charge in [0.1, 0.15) is 13.2 Å². The molecule has 0 radical (unpaired) electrons. The van der Waals surface area contributed by atoms with E-state index in [1.165, 1.54) is 103 Å². The van der Waals surface area contributed by atoms with Crippen molar-refractivity contribution in [2.45, 2.75) is 258 Å². The molecule has 0 aliphatic heterocycles. The van der Waals surface area contributed by atoms with Crippen LogP contribution in [0.1, 0.15) is 252 Å². The van der Waals surface area contributed by atoms with Gasteiger partial charge in [0.25, 0.3) is 0 Å². The van der Waals surface area contributed by atoms with E-state index < -0.39 is 6.10 Å². The first-order valence-electron chi connectivity index (χ1n) is 25.8. The number of esters is 3. The summed E-state index contributed by atoms with van der Waals surface area (Å²) in [5.41, 5.74) is 0. The molecule has 0 aromatic rings. The molecule has 0 heterocycles. The van der Waals surface area contributed by atoms with Gasteiger partial charge in [0.15, 0.2) is 6.10 Å². The smallest absolute Gasteiger partial charge is 0.306 e. The van der Waals surface area contributed by atoms with Crippen LogP contribution < -0.4 is 0 Å². The molecule has 0 aliphatic carbocycles. The molecule has 0 fully saturated rings. The molecule has 6 heteroatoms. The van der Waals surface area contributed by atoms with E-state index in [2.05, 4.69) is 81.5 Å². The maximum Gasteiger partial charge on any atom is 0.306 e. The van der Waals surface area contributed by atoms with Crippen molar-refractivity contribution in [2.75, 3.05) is 13.2 Å². The van der Waals surface area contributed by atoms with Crippen LogP contribution >= 0.6 is 0 Å². The van der Waals surface area contributed by atoms with Crippen LogP contribution in [0.25, 0.3) is 0 Å². The van der Waals surface area contributed by atoms with Crippen molar-refractivity contribution in [2.24, 2.45) is 0 Å². The summed E-state index contributed by atoms with van der Waals surface area (Å²) in [4.78, 5) is 37.9. The summed E-state index contributed by atoms with van der Waals surface area (Å²) in [7, 11) is 0. The van der Waals surface area contributed by atoms with Crippen LogP contribution in [0.2, 0.25) is 0 Å². The lowest BCUT2D eigenvalue weighted by atomic mass is 10.1. The molecule has 0 rings (SSSR count). The summed E-state index contributed by atoms with van der Waals surface area (Å²) in [5, 5.41) is 0. The van der Waals surface area contributed by atoms with E-state index in [0.29, 0.717) is 19.3 Å². The number of ether oxygens (including phenoxy) is 3. The van der Waals surface area contributed by atoms with Crippen molar-refractivity contribution >= 4 is 17.9 Å². The van der Waals surface area contributed by atoms with E-state index in [1.54, 1.807) is 0 Å². The molecule has 1 atom stereocenters. The summed E-state index contributed by atoms with van der Waals surface area (Å²) in [5.74, 6) is -0.915. The Bertz CT molecular complexity index is 1120. The Balaban J connectivity index is 4.36. The lowest BCUT2D eigenvalue weighted by Gasteiger charge is -2.18. The molecular formula is C55H96O6. The van der Waals surface area contributed by atoms with E-state index in [1.807, 2.05) is 0 Å². The van der Waals surface area contributed by atoms with Gasteiger partial charge >= 0.3 is 17.9 Å². The average molecular weight is 853 g/mol. The molecule has 0 aliphatic rings. The minimum absolute atomic E-state index is 0.0860. The summed E-state index contributed by atoms with van der Waals surface area (Å²) in [6.07, 6.45) is 60.6. The Hall–Kier alpha value is -2.89. The molecule has 61 heavy (non-hydrogen) atoms. The molecule has 0 bridgehead atoms. The number of rotatable bonds is 46. The Kier molecular flexibility index (Phi) is 47.4. The Morgan fingerprint density at radius 1 is 0.344 bits per heavy atom. The van der Waals surface area contributed by atoms with Gasteiger partial charge in [-0.1, -0.05) is 197 Å². The second-order valence-electron chi connectivity index (χ2n) is 17.0. The van der Waals surface area contributed by atoms with Gasteiger partial charge in [0, 0.05) is 19.3 Å². The van der Waals surface area contributed by atoms with Crippen molar-refractivity contribution in [1.82, 2.24) is 0 Å². The first-order valence-corrected chi connectivity index (χ1v) is 25.8. The molecule has 0 N–H and O–H groups in total. The quantitative estimate of drug-likeness (QED) is 0.0263. The van der Waals surface area contributed by atoms with Gasteiger partial charge in [-0.25, -0.2) is 0 Å². The maximum absolute atomic E-state index is 12.8. The zero-order valence-corrected chi connectivity index (χ0v) is 40.2. The minimum atomic E-state index is -0.786. The van der Waals surface area contributed by atoms with Crippen molar-refractivity contribution < 1.29 is 28.6 Å². The predicted molar refractivity (Wildman–Crippen MR) is 261 cm³/mol. The number of hydrogen-bond acceptors (Lipinski definition) is 6. The summed E-state index contributed by atoms with van der Waals surface area (Å²) in [6.45, 7) is 6.44. The molecule has 0 saturated carbocycles. The Morgan fingerprint density at radius 3 is 1.08 bits per heavy atom. The number of allylic oxidation sites excluding steroid dienone is 10. The molecular weight excluding hydrogens is 757 g/mol. The predicted octanol–water partition coefficient (Wildman–Crippen LogP) is 16.9. The van der Waals surface area contributed by atoms with Gasteiger partial charge in [-0.15, -0.1) is 0 Å². The maximum atomic E-state index is 12.8. The van der Waals surface area contributed by atoms with Gasteiger partial charge in [0.2, 0.25) is 0 Å². The van der Waals surface area contributed by atoms with Gasteiger partial charge in [0.05, 0.1) is 0 Å². The SMILES string of the molecule is CC/C=C\C/C=C\C/C=C\CCCCCCCC(=O)OC(COC(=O)CCCCCCC/C=C\CCC)COC(=O)CCCCCCCCC/C=C\CCCCCCCCC. The number of carbonyl (C=O) groups is 3. The molecule has 0 amide bonds. The first kappa shape index (κ1) is 58.1. The Labute approximate surface area is 377 Å². The highest BCUT2D eigenvalue weighted by Gasteiger charge is 2.19. The van der Waals surface area contributed by atoms with Gasteiger partial charge in [-0.2, -0.15) is 0 Å². The third-order valence-corrected chi connectivity index (χ3v) is 11.0. The summed E-state index contributed by atoms with van der Waals surface area (Å²) >= 11 is 0. The zero-order chi connectivity index (χ0) is 44.4. The van der Waals surface area contributed by atoms with Crippen LogP contribution in [0, 0.1) is 0 Å². The highest BCUT2D eigenvalue weighted by atomic mass is 16.6. The first-order chi connectivity index (χ1) is 30.0. The molecule has 0 aromatic heterocycles. The minimum Gasteiger partial charge on any atom is -0.462 e. The van der Waals surface area contributed by atoms with Gasteiger partial charge < -0.3 is 14.2 Å². The third-order valence-electron chi connectivity index (χ3n) is 11.0. The summed E-state index contributed by atoms with van der Waals surface area (Å²) in [6, 6.07) is 0. The van der Waals surface area contributed by atoms with Gasteiger partial charge in [-0.3, -0.25) is 14.4 Å². The standard InChI is InChI=1S/C55H96O6/c1-4-7-10-13-16-19-22-24-26-27-28-30-31-33-36-39-42-45-48-54(57)60-51-52(50-59-53(56)47-44-41-38-35-21-18-15-12-9-6-3)61-55(58)49-46-43-40-37-34-32-29-25-23-20-17-14-11-8-5-2/h8,11-12,15,17,20,25-27,29,52H,4-7,9-10,13-14,16,18-19,21-24,28,30-51H2,1-3H3/b11-8-,15-12-,20-17-,27-26-,29-25-. The molecule has 0 aromatic carbocycles. The van der Waals surface area contributed by atoms with Crippen molar-refractivity contribution in [3.8, 4) is 0 Å². The van der Waals surface area contributed by atoms with Crippen molar-refractivity contribution in [3.05, 3.63) is 60.8 Å². The number of unbranched alkanes of at least 4 members (excludes halogenated alkanes) is 25. The van der Waals surface area contributed by atoms with E-state index in [4.69, 9.17) is 14.2 Å². The van der Waals surface area contributed by atoms with Crippen LogP contribution in [0.5, 0.6) is 0 Å². The highest BCUT2D eigenvalue weighted by Crippen LogP contribution is 2.14. The van der Waals surface area contributed by atoms with Crippen LogP contribution in [0.3, 0.4) is 0 Å². The zero-order valence-electron chi connectivity index (χ0n) is 40.2. The molecule has 0 spiro atoms. The van der Waals surface area contributed by atoms with Crippen LogP contribution in [-0.4, -0.2) is 37.2 Å². The van der Waals surface area contributed by atoms with Crippen molar-refractivity contribution in [1.29, 1.82) is 0 Å². The fourth-order valence-corrected chi connectivity index (χ4v) is 7.10. The molecule has 352 valence electrons. The fraction of sp³-hybridized carbons (Fsp3) is 0.764. The fourth-order valence-electron chi connectivity index (χ4n) is 7.10. The van der Waals surface area contributed by atoms with E-state index in [-0.39, 0.29) is 31.1 Å². The van der Waals surface area contributed by atoms with Crippen molar-refractivity contribution in [3.63, 3.8) is 0 Å². The largest absolute Gasteiger partial charge is 0.462 e. The lowest BCUT2D eigenvalue weighted by Crippen LogP contribution is -2.30. The second-order valence-corrected chi connectivity index (χ2v) is 17.0. The topological polar surface area (TPSA) is 78.9 Å². The second kappa shape index (κ2) is 49.8. The molecule has 1 unspecified atom stereocenters. The molecule has 6 nitrogen and oxygen atoms in total. The highest BCUT2D eigenvalue weighted by molar-refractivity contribution is 5.71. The third kappa shape index (κ3) is 48.0. The molecule has 0 saturated heterocycles. The van der Waals surface area contributed by atoms with Gasteiger partial charge in [-0.05, 0) is 96.3 Å². The van der Waals surface area contributed by atoms with Crippen LogP contribution in [-0.2, 0) is 28.6 Å². The summed E-state index contributed by atoms with van der Waals surface area (Å²) < 4.78 is 16.8. The normalized spacial score (nSPS) is 12.5. The lowest BCUT2D eigenvalue weighted by molar-refractivity contribution is -0.167. The monoisotopic (exact) mass is 853 g/mol. The van der Waals surface area contributed by atoms with E-state index in [0.717, 1.165) is 109 Å². The van der Waals surface area contributed by atoms with Crippen LogP contribution in [0.15, 0.2) is 60.8 Å². The Morgan fingerprint density at radius 2 is 0.672 bits per heavy atom. The van der Waals surface area contributed by atoms with E-state index in [9.17, 15) is 14.4 Å².